The average Bonchev–Trinajstić information content (AvgIpc) is 2.38. The second-order valence-corrected chi connectivity index (χ2v) is 5.00. The maximum atomic E-state index is 11.2. The summed E-state index contributed by atoms with van der Waals surface area (Å²) in [6.45, 7) is 4.66. The van der Waals surface area contributed by atoms with Crippen molar-refractivity contribution in [2.24, 2.45) is 11.1 Å². The van der Waals surface area contributed by atoms with Gasteiger partial charge in [-0.2, -0.15) is 5.26 Å². The van der Waals surface area contributed by atoms with Crippen molar-refractivity contribution < 1.29 is 9.53 Å². The molecule has 1 aromatic rings. The third kappa shape index (κ3) is 3.97. The number of nitrogens with zero attached hydrogens (tertiary/aromatic N) is 1. The van der Waals surface area contributed by atoms with Crippen molar-refractivity contribution in [2.75, 3.05) is 13.7 Å². The van der Waals surface area contributed by atoms with E-state index in [2.05, 4.69) is 11.4 Å². The minimum Gasteiger partial charge on any atom is -0.495 e. The molecule has 0 saturated heterocycles. The molecule has 102 valence electrons. The standard InChI is InChI=1S/C14H19N3O2/c1-14(2,13(16)18)9-17-8-10-4-5-11(7-15)12(6-10)19-3/h4-6,17H,8-9H2,1-3H3,(H2,16,18). The molecule has 0 atom stereocenters. The molecule has 5 heteroatoms. The normalized spacial score (nSPS) is 10.8. The monoisotopic (exact) mass is 261 g/mol. The van der Waals surface area contributed by atoms with E-state index in [4.69, 9.17) is 15.7 Å². The third-order valence-electron chi connectivity index (χ3n) is 2.95. The van der Waals surface area contributed by atoms with Gasteiger partial charge in [-0.05, 0) is 31.5 Å². The van der Waals surface area contributed by atoms with Gasteiger partial charge in [0.2, 0.25) is 5.91 Å². The van der Waals surface area contributed by atoms with Crippen LogP contribution in [0.25, 0.3) is 0 Å². The molecule has 0 spiro atoms. The van der Waals surface area contributed by atoms with Crippen molar-refractivity contribution in [3.63, 3.8) is 0 Å². The van der Waals surface area contributed by atoms with Crippen LogP contribution in [0.2, 0.25) is 0 Å². The number of nitrogens with one attached hydrogen (secondary N) is 1. The maximum absolute atomic E-state index is 11.2. The molecule has 3 N–H and O–H groups in total. The van der Waals surface area contributed by atoms with Crippen LogP contribution in [0, 0.1) is 16.7 Å². The highest BCUT2D eigenvalue weighted by molar-refractivity contribution is 5.80. The van der Waals surface area contributed by atoms with Crippen molar-refractivity contribution in [2.45, 2.75) is 20.4 Å². The molecule has 1 rings (SSSR count). The van der Waals surface area contributed by atoms with Crippen LogP contribution in [0.1, 0.15) is 25.0 Å². The van der Waals surface area contributed by atoms with Gasteiger partial charge in [-0.3, -0.25) is 4.79 Å². The minimum absolute atomic E-state index is 0.336. The Morgan fingerprint density at radius 2 is 2.21 bits per heavy atom. The largest absolute Gasteiger partial charge is 0.495 e. The van der Waals surface area contributed by atoms with Crippen LogP contribution in [-0.4, -0.2) is 19.6 Å². The second-order valence-electron chi connectivity index (χ2n) is 5.00. The Bertz CT molecular complexity index is 504. The lowest BCUT2D eigenvalue weighted by Gasteiger charge is -2.20. The molecule has 0 aliphatic rings. The Morgan fingerprint density at radius 1 is 1.53 bits per heavy atom. The quantitative estimate of drug-likeness (QED) is 0.804. The number of carbonyl (C=O) groups is 1. The summed E-state index contributed by atoms with van der Waals surface area (Å²) in [5.41, 5.74) is 6.20. The zero-order chi connectivity index (χ0) is 14.5. The summed E-state index contributed by atoms with van der Waals surface area (Å²) in [5, 5.41) is 12.1. The highest BCUT2D eigenvalue weighted by Gasteiger charge is 2.23. The number of carbonyl (C=O) groups excluding carboxylic acids is 1. The summed E-state index contributed by atoms with van der Waals surface area (Å²) >= 11 is 0. The summed E-state index contributed by atoms with van der Waals surface area (Å²) in [6, 6.07) is 7.44. The molecule has 1 aromatic carbocycles. The van der Waals surface area contributed by atoms with Crippen molar-refractivity contribution in [1.29, 1.82) is 5.26 Å². The van der Waals surface area contributed by atoms with E-state index in [0.717, 1.165) is 5.56 Å². The van der Waals surface area contributed by atoms with Crippen LogP contribution < -0.4 is 15.8 Å². The van der Waals surface area contributed by atoms with E-state index in [0.29, 0.717) is 24.4 Å². The second kappa shape index (κ2) is 6.21. The topological polar surface area (TPSA) is 88.1 Å². The number of ether oxygens (including phenoxy) is 1. The van der Waals surface area contributed by atoms with Crippen molar-refractivity contribution in [1.82, 2.24) is 5.32 Å². The molecule has 0 aromatic heterocycles. The summed E-state index contributed by atoms with van der Waals surface area (Å²) in [5.74, 6) is 0.216. The van der Waals surface area contributed by atoms with E-state index >= 15 is 0 Å². The first-order valence-corrected chi connectivity index (χ1v) is 5.98. The van der Waals surface area contributed by atoms with Crippen LogP contribution in [0.4, 0.5) is 0 Å². The molecule has 19 heavy (non-hydrogen) atoms. The van der Waals surface area contributed by atoms with Gasteiger partial charge in [0, 0.05) is 13.1 Å². The van der Waals surface area contributed by atoms with E-state index in [-0.39, 0.29) is 5.91 Å². The van der Waals surface area contributed by atoms with E-state index in [1.807, 2.05) is 12.1 Å². The van der Waals surface area contributed by atoms with Gasteiger partial charge in [-0.15, -0.1) is 0 Å². The fourth-order valence-electron chi connectivity index (χ4n) is 1.54. The minimum atomic E-state index is -0.587. The zero-order valence-corrected chi connectivity index (χ0v) is 11.5. The summed E-state index contributed by atoms with van der Waals surface area (Å²) < 4.78 is 5.14. The first-order valence-electron chi connectivity index (χ1n) is 5.98. The van der Waals surface area contributed by atoms with Crippen LogP contribution >= 0.6 is 0 Å². The molecule has 0 bridgehead atoms. The van der Waals surface area contributed by atoms with Crippen LogP contribution in [0.3, 0.4) is 0 Å². The summed E-state index contributed by atoms with van der Waals surface area (Å²) in [7, 11) is 1.53. The lowest BCUT2D eigenvalue weighted by molar-refractivity contribution is -0.125. The number of benzene rings is 1. The number of nitrogens with two attached hydrogens (primary N) is 1. The Balaban J connectivity index is 2.65. The molecular formula is C14H19N3O2. The first-order chi connectivity index (χ1) is 8.90. The lowest BCUT2D eigenvalue weighted by Crippen LogP contribution is -2.40. The molecule has 0 unspecified atom stereocenters. The lowest BCUT2D eigenvalue weighted by atomic mass is 9.93. The Hall–Kier alpha value is -2.06. The number of amides is 1. The van der Waals surface area contributed by atoms with Crippen molar-refractivity contribution >= 4 is 5.91 Å². The predicted octanol–water partition coefficient (Wildman–Crippen LogP) is 1.17. The predicted molar refractivity (Wildman–Crippen MR) is 72.4 cm³/mol. The first kappa shape index (κ1) is 15.0. The number of nitriles is 1. The van der Waals surface area contributed by atoms with Crippen LogP contribution in [0.5, 0.6) is 5.75 Å². The van der Waals surface area contributed by atoms with Gasteiger partial charge in [-0.25, -0.2) is 0 Å². The number of hydrogen-bond donors (Lipinski definition) is 2. The van der Waals surface area contributed by atoms with E-state index in [9.17, 15) is 4.79 Å². The maximum Gasteiger partial charge on any atom is 0.224 e. The van der Waals surface area contributed by atoms with Gasteiger partial charge in [0.05, 0.1) is 18.1 Å². The molecule has 1 amide bonds. The summed E-state index contributed by atoms with van der Waals surface area (Å²) in [6.07, 6.45) is 0. The number of rotatable bonds is 6. The molecule has 0 aliphatic carbocycles. The molecular weight excluding hydrogens is 242 g/mol. The smallest absolute Gasteiger partial charge is 0.224 e. The number of primary amides is 1. The third-order valence-corrected chi connectivity index (χ3v) is 2.95. The van der Waals surface area contributed by atoms with Crippen molar-refractivity contribution in [3.8, 4) is 11.8 Å². The Morgan fingerprint density at radius 3 is 2.74 bits per heavy atom. The van der Waals surface area contributed by atoms with E-state index < -0.39 is 5.41 Å². The van der Waals surface area contributed by atoms with Gasteiger partial charge >= 0.3 is 0 Å². The van der Waals surface area contributed by atoms with Gasteiger partial charge in [0.25, 0.3) is 0 Å². The zero-order valence-electron chi connectivity index (χ0n) is 11.5. The molecule has 0 heterocycles. The number of hydrogen-bond acceptors (Lipinski definition) is 4. The number of methoxy groups -OCH3 is 1. The fraction of sp³-hybridized carbons (Fsp3) is 0.429. The SMILES string of the molecule is COc1cc(CNCC(C)(C)C(N)=O)ccc1C#N. The Labute approximate surface area is 113 Å². The van der Waals surface area contributed by atoms with E-state index in [1.54, 1.807) is 19.9 Å². The molecule has 0 fully saturated rings. The Kier molecular flexibility index (Phi) is 4.90. The highest BCUT2D eigenvalue weighted by atomic mass is 16.5. The summed E-state index contributed by atoms with van der Waals surface area (Å²) in [4.78, 5) is 11.2. The van der Waals surface area contributed by atoms with Gasteiger partial charge in [0.1, 0.15) is 11.8 Å². The fourth-order valence-corrected chi connectivity index (χ4v) is 1.54. The van der Waals surface area contributed by atoms with Crippen LogP contribution in [0.15, 0.2) is 18.2 Å². The molecule has 0 saturated carbocycles. The van der Waals surface area contributed by atoms with Crippen LogP contribution in [-0.2, 0) is 11.3 Å². The van der Waals surface area contributed by atoms with Gasteiger partial charge in [0.15, 0.2) is 0 Å². The van der Waals surface area contributed by atoms with Gasteiger partial charge in [-0.1, -0.05) is 6.07 Å². The van der Waals surface area contributed by atoms with Crippen molar-refractivity contribution in [3.05, 3.63) is 29.3 Å². The molecule has 0 aliphatic heterocycles. The van der Waals surface area contributed by atoms with E-state index in [1.165, 1.54) is 7.11 Å². The van der Waals surface area contributed by atoms with Gasteiger partial charge < -0.3 is 15.8 Å². The highest BCUT2D eigenvalue weighted by Crippen LogP contribution is 2.19. The molecule has 5 nitrogen and oxygen atoms in total. The molecule has 0 radical (unpaired) electrons. The average molecular weight is 261 g/mol.